The second-order valence-corrected chi connectivity index (χ2v) is 20.4. The van der Waals surface area contributed by atoms with Crippen LogP contribution in [0.15, 0.2) is 12.2 Å². The Labute approximate surface area is 397 Å². The first-order valence-electron chi connectivity index (χ1n) is 29.4. The Hall–Kier alpha value is -0.870. The fourth-order valence-corrected chi connectivity index (χ4v) is 9.54. The van der Waals surface area contributed by atoms with Crippen molar-refractivity contribution in [1.29, 1.82) is 0 Å². The van der Waals surface area contributed by atoms with Crippen LogP contribution in [0.2, 0.25) is 0 Å². The minimum atomic E-state index is -0.836. The van der Waals surface area contributed by atoms with Crippen LogP contribution in [0, 0.1) is 0 Å². The van der Waals surface area contributed by atoms with Crippen molar-refractivity contribution in [3.63, 3.8) is 0 Å². The predicted molar refractivity (Wildman–Crippen MR) is 281 cm³/mol. The molecule has 0 heterocycles. The normalized spacial score (nSPS) is 12.8. The minimum Gasteiger partial charge on any atom is -0.394 e. The molecular formula is C59H117NO3. The Balaban J connectivity index is 3.44. The summed E-state index contributed by atoms with van der Waals surface area (Å²) in [6, 6.07) is -0.618. The number of rotatable bonds is 55. The average Bonchev–Trinajstić information content (AvgIpc) is 3.29. The van der Waals surface area contributed by atoms with Gasteiger partial charge in [0.15, 0.2) is 0 Å². The summed E-state index contributed by atoms with van der Waals surface area (Å²) in [4.78, 5) is 12.5. The minimum absolute atomic E-state index is 0.0550. The molecule has 1 amide bonds. The first-order chi connectivity index (χ1) is 31.2. The fourth-order valence-electron chi connectivity index (χ4n) is 9.54. The van der Waals surface area contributed by atoms with Gasteiger partial charge in [0.1, 0.15) is 0 Å². The molecule has 0 saturated heterocycles. The van der Waals surface area contributed by atoms with Crippen molar-refractivity contribution in [3.05, 3.63) is 12.2 Å². The molecule has 0 aliphatic carbocycles. The summed E-state index contributed by atoms with van der Waals surface area (Å²) in [5.74, 6) is -0.0550. The summed E-state index contributed by atoms with van der Waals surface area (Å²) in [6.45, 7) is 4.36. The average molecular weight is 889 g/mol. The summed E-state index contributed by atoms with van der Waals surface area (Å²) in [7, 11) is 0. The number of aliphatic hydroxyl groups is 2. The lowest BCUT2D eigenvalue weighted by molar-refractivity contribution is -0.123. The van der Waals surface area contributed by atoms with E-state index in [9.17, 15) is 15.0 Å². The topological polar surface area (TPSA) is 69.6 Å². The maximum absolute atomic E-state index is 12.5. The van der Waals surface area contributed by atoms with Crippen LogP contribution in [0.25, 0.3) is 0 Å². The number of nitrogens with one attached hydrogen (secondary N) is 1. The number of carbonyl (C=O) groups is 1. The molecule has 0 spiro atoms. The highest BCUT2D eigenvalue weighted by atomic mass is 16.3. The van der Waals surface area contributed by atoms with Gasteiger partial charge in [-0.15, -0.1) is 0 Å². The summed E-state index contributed by atoms with van der Waals surface area (Å²) >= 11 is 0. The summed E-state index contributed by atoms with van der Waals surface area (Å²) in [6.07, 6.45) is 72.5. The van der Waals surface area contributed by atoms with Gasteiger partial charge in [0.25, 0.3) is 0 Å². The molecule has 0 aromatic heterocycles. The van der Waals surface area contributed by atoms with E-state index in [-0.39, 0.29) is 12.5 Å². The van der Waals surface area contributed by atoms with Crippen molar-refractivity contribution >= 4 is 5.91 Å². The zero-order chi connectivity index (χ0) is 45.6. The molecule has 0 aliphatic rings. The summed E-state index contributed by atoms with van der Waals surface area (Å²) in [5.41, 5.74) is 0. The Bertz CT molecular complexity index is 875. The Kier molecular flexibility index (Phi) is 54.7. The van der Waals surface area contributed by atoms with E-state index < -0.39 is 12.1 Å². The van der Waals surface area contributed by atoms with Crippen molar-refractivity contribution in [1.82, 2.24) is 5.32 Å². The van der Waals surface area contributed by atoms with Crippen molar-refractivity contribution < 1.29 is 15.0 Å². The van der Waals surface area contributed by atoms with Gasteiger partial charge in [-0.05, 0) is 19.3 Å². The fraction of sp³-hybridized carbons (Fsp3) is 0.949. The Morgan fingerprint density at radius 3 is 0.825 bits per heavy atom. The number of hydrogen-bond donors (Lipinski definition) is 3. The van der Waals surface area contributed by atoms with Crippen LogP contribution in [0.4, 0.5) is 0 Å². The number of allylic oxidation sites excluding steroid dienone is 1. The molecule has 0 aromatic carbocycles. The van der Waals surface area contributed by atoms with Gasteiger partial charge in [0.05, 0.1) is 18.8 Å². The maximum Gasteiger partial charge on any atom is 0.220 e. The highest BCUT2D eigenvalue weighted by Gasteiger charge is 2.18. The monoisotopic (exact) mass is 888 g/mol. The number of unbranched alkanes of at least 4 members (excludes halogenated alkanes) is 48. The zero-order valence-corrected chi connectivity index (χ0v) is 43.4. The van der Waals surface area contributed by atoms with Gasteiger partial charge in [-0.1, -0.05) is 328 Å². The molecule has 376 valence electrons. The zero-order valence-electron chi connectivity index (χ0n) is 43.4. The Morgan fingerprint density at radius 2 is 0.587 bits per heavy atom. The molecule has 0 aromatic rings. The molecule has 0 rings (SSSR count). The SMILES string of the molecule is CCCCCCCCCCCCCCCCCCCCCCCCCC/C=C/C(O)C(CO)NC(=O)CCCCCCCCCCCCCCCCCCCCCCCCCCC. The van der Waals surface area contributed by atoms with Crippen LogP contribution in [0.1, 0.15) is 341 Å². The van der Waals surface area contributed by atoms with Crippen LogP contribution >= 0.6 is 0 Å². The molecule has 4 heteroatoms. The lowest BCUT2D eigenvalue weighted by Crippen LogP contribution is -2.45. The van der Waals surface area contributed by atoms with Gasteiger partial charge >= 0.3 is 0 Å². The highest BCUT2D eigenvalue weighted by Crippen LogP contribution is 2.18. The van der Waals surface area contributed by atoms with Crippen LogP contribution in [0.5, 0.6) is 0 Å². The van der Waals surface area contributed by atoms with Gasteiger partial charge < -0.3 is 15.5 Å². The third kappa shape index (κ3) is 52.0. The third-order valence-corrected chi connectivity index (χ3v) is 14.0. The molecule has 2 atom stereocenters. The van der Waals surface area contributed by atoms with E-state index in [0.717, 1.165) is 25.7 Å². The van der Waals surface area contributed by atoms with E-state index in [1.165, 1.54) is 295 Å². The lowest BCUT2D eigenvalue weighted by atomic mass is 10.0. The molecule has 0 aliphatic heterocycles. The van der Waals surface area contributed by atoms with Crippen molar-refractivity contribution in [3.8, 4) is 0 Å². The number of hydrogen-bond acceptors (Lipinski definition) is 3. The van der Waals surface area contributed by atoms with Crippen molar-refractivity contribution in [2.75, 3.05) is 6.61 Å². The molecule has 63 heavy (non-hydrogen) atoms. The maximum atomic E-state index is 12.5. The molecule has 0 bridgehead atoms. The quantitative estimate of drug-likeness (QED) is 0.0421. The van der Waals surface area contributed by atoms with Gasteiger partial charge in [-0.25, -0.2) is 0 Å². The largest absolute Gasteiger partial charge is 0.394 e. The lowest BCUT2D eigenvalue weighted by Gasteiger charge is -2.20. The van der Waals surface area contributed by atoms with E-state index in [4.69, 9.17) is 0 Å². The number of amides is 1. The van der Waals surface area contributed by atoms with E-state index >= 15 is 0 Å². The smallest absolute Gasteiger partial charge is 0.220 e. The molecule has 3 N–H and O–H groups in total. The van der Waals surface area contributed by atoms with Crippen LogP contribution in [0.3, 0.4) is 0 Å². The first-order valence-corrected chi connectivity index (χ1v) is 29.4. The predicted octanol–water partition coefficient (Wildman–Crippen LogP) is 19.3. The van der Waals surface area contributed by atoms with Crippen LogP contribution < -0.4 is 5.32 Å². The second kappa shape index (κ2) is 55.5. The molecule has 0 saturated carbocycles. The van der Waals surface area contributed by atoms with Crippen molar-refractivity contribution in [2.45, 2.75) is 353 Å². The van der Waals surface area contributed by atoms with E-state index in [0.29, 0.717) is 6.42 Å². The van der Waals surface area contributed by atoms with Gasteiger partial charge in [-0.2, -0.15) is 0 Å². The molecule has 4 nitrogen and oxygen atoms in total. The summed E-state index contributed by atoms with van der Waals surface area (Å²) < 4.78 is 0. The van der Waals surface area contributed by atoms with Gasteiger partial charge in [0, 0.05) is 6.42 Å². The van der Waals surface area contributed by atoms with Crippen molar-refractivity contribution in [2.24, 2.45) is 0 Å². The van der Waals surface area contributed by atoms with E-state index in [1.54, 1.807) is 6.08 Å². The summed E-state index contributed by atoms with van der Waals surface area (Å²) in [5, 5.41) is 23.2. The van der Waals surface area contributed by atoms with Gasteiger partial charge in [-0.3, -0.25) is 4.79 Å². The molecular weight excluding hydrogens is 771 g/mol. The molecule has 2 unspecified atom stereocenters. The standard InChI is InChI=1S/C59H117NO3/c1-3-5-7-9-11-13-15-17-19-21-23-25-27-29-31-32-34-36-38-40-42-44-46-48-50-52-54-58(62)57(56-61)60-59(63)55-53-51-49-47-45-43-41-39-37-35-33-30-28-26-24-22-20-18-16-14-12-10-8-6-4-2/h52,54,57-58,61-62H,3-51,53,55-56H2,1-2H3,(H,60,63)/b54-52+. The number of carbonyl (C=O) groups excluding carboxylic acids is 1. The molecule has 0 radical (unpaired) electrons. The highest BCUT2D eigenvalue weighted by molar-refractivity contribution is 5.76. The van der Waals surface area contributed by atoms with Crippen LogP contribution in [-0.4, -0.2) is 34.9 Å². The third-order valence-electron chi connectivity index (χ3n) is 14.0. The van der Waals surface area contributed by atoms with E-state index in [2.05, 4.69) is 19.2 Å². The second-order valence-electron chi connectivity index (χ2n) is 20.4. The Morgan fingerprint density at radius 1 is 0.365 bits per heavy atom. The first kappa shape index (κ1) is 62.1. The van der Waals surface area contributed by atoms with Crippen LogP contribution in [-0.2, 0) is 4.79 Å². The number of aliphatic hydroxyl groups excluding tert-OH is 2. The van der Waals surface area contributed by atoms with Gasteiger partial charge in [0.2, 0.25) is 5.91 Å². The van der Waals surface area contributed by atoms with E-state index in [1.807, 2.05) is 6.08 Å². The molecule has 0 fully saturated rings.